The van der Waals surface area contributed by atoms with Gasteiger partial charge in [-0.15, -0.1) is 0 Å². The van der Waals surface area contributed by atoms with Crippen LogP contribution < -0.4 is 0 Å². The van der Waals surface area contributed by atoms with Crippen LogP contribution in [0.4, 0.5) is 0 Å². The van der Waals surface area contributed by atoms with Crippen LogP contribution in [0.5, 0.6) is 0 Å². The van der Waals surface area contributed by atoms with Crippen LogP contribution in [0.15, 0.2) is 12.2 Å². The Morgan fingerprint density at radius 3 is 1.49 bits per heavy atom. The van der Waals surface area contributed by atoms with Crippen LogP contribution in [0.3, 0.4) is 0 Å². The van der Waals surface area contributed by atoms with Gasteiger partial charge in [0.15, 0.2) is 0 Å². The summed E-state index contributed by atoms with van der Waals surface area (Å²) in [6.45, 7) is 11.8. The third-order valence-electron chi connectivity index (χ3n) is 7.75. The van der Waals surface area contributed by atoms with Gasteiger partial charge < -0.3 is 9.22 Å². The number of esters is 1. The highest BCUT2D eigenvalue weighted by Crippen LogP contribution is 2.21. The van der Waals surface area contributed by atoms with Gasteiger partial charge in [-0.1, -0.05) is 123 Å². The van der Waals surface area contributed by atoms with Crippen LogP contribution >= 0.6 is 0 Å². The molecule has 0 bridgehead atoms. The first-order chi connectivity index (χ1) is 16.8. The lowest BCUT2D eigenvalue weighted by Gasteiger charge is -2.38. The molecule has 0 aromatic heterocycles. The SMILES string of the molecule is C=C(C)C(=O)OCCC(CCCCCCCCCCC)[N+](C)(C)CCCCCCCCCCCC. The standard InChI is InChI=1S/C32H64NO2/c1-7-9-11-13-15-17-19-21-23-25-28-33(5,6)31(27-29-35-32(34)30(3)4)26-24-22-20-18-16-14-12-10-8-2/h31H,3,7-29H2,1-2,4-6H3/q+1. The summed E-state index contributed by atoms with van der Waals surface area (Å²) in [5, 5.41) is 0. The molecule has 0 amide bonds. The lowest BCUT2D eigenvalue weighted by atomic mass is 10.00. The average molecular weight is 495 g/mol. The first kappa shape index (κ1) is 34.2. The Morgan fingerprint density at radius 2 is 1.06 bits per heavy atom. The van der Waals surface area contributed by atoms with Crippen molar-refractivity contribution in [2.24, 2.45) is 0 Å². The summed E-state index contributed by atoms with van der Waals surface area (Å²) in [5.74, 6) is -0.244. The van der Waals surface area contributed by atoms with Crippen molar-refractivity contribution in [3.63, 3.8) is 0 Å². The van der Waals surface area contributed by atoms with Crippen molar-refractivity contribution < 1.29 is 14.0 Å². The summed E-state index contributed by atoms with van der Waals surface area (Å²) in [7, 11) is 4.79. The zero-order chi connectivity index (χ0) is 26.2. The minimum Gasteiger partial charge on any atom is -0.462 e. The van der Waals surface area contributed by atoms with Crippen molar-refractivity contribution in [3.8, 4) is 0 Å². The minimum atomic E-state index is -0.244. The molecule has 0 N–H and O–H groups in total. The Bertz CT molecular complexity index is 500. The summed E-state index contributed by atoms with van der Waals surface area (Å²) in [6.07, 6.45) is 28.4. The van der Waals surface area contributed by atoms with Crippen LogP contribution in [0.1, 0.15) is 156 Å². The van der Waals surface area contributed by atoms with Crippen LogP contribution in [0.2, 0.25) is 0 Å². The lowest BCUT2D eigenvalue weighted by molar-refractivity contribution is -0.916. The molecular formula is C32H64NO2+. The van der Waals surface area contributed by atoms with Crippen molar-refractivity contribution in [1.82, 2.24) is 0 Å². The van der Waals surface area contributed by atoms with Gasteiger partial charge in [0.2, 0.25) is 0 Å². The van der Waals surface area contributed by atoms with E-state index in [0.29, 0.717) is 18.2 Å². The molecular weight excluding hydrogens is 430 g/mol. The summed E-state index contributed by atoms with van der Waals surface area (Å²) in [5.41, 5.74) is 0.500. The fourth-order valence-electron chi connectivity index (χ4n) is 5.13. The van der Waals surface area contributed by atoms with E-state index in [1.54, 1.807) is 6.92 Å². The molecule has 0 aromatic carbocycles. The van der Waals surface area contributed by atoms with Crippen LogP contribution in [0.25, 0.3) is 0 Å². The zero-order valence-electron chi connectivity index (χ0n) is 24.8. The number of quaternary nitrogens is 1. The van der Waals surface area contributed by atoms with Crippen LogP contribution in [0, 0.1) is 0 Å². The molecule has 35 heavy (non-hydrogen) atoms. The number of hydrogen-bond acceptors (Lipinski definition) is 2. The molecule has 1 unspecified atom stereocenters. The van der Waals surface area contributed by atoms with E-state index in [-0.39, 0.29) is 5.97 Å². The van der Waals surface area contributed by atoms with Gasteiger partial charge in [0.25, 0.3) is 0 Å². The molecule has 0 aliphatic heterocycles. The second-order valence-electron chi connectivity index (χ2n) is 11.7. The summed E-state index contributed by atoms with van der Waals surface area (Å²) in [4.78, 5) is 11.8. The monoisotopic (exact) mass is 494 g/mol. The largest absolute Gasteiger partial charge is 0.462 e. The van der Waals surface area contributed by atoms with Gasteiger partial charge in [0.05, 0.1) is 33.3 Å². The fraction of sp³-hybridized carbons (Fsp3) is 0.906. The highest BCUT2D eigenvalue weighted by molar-refractivity contribution is 5.86. The predicted octanol–water partition coefficient (Wildman–Crippen LogP) is 9.78. The average Bonchev–Trinajstić information content (AvgIpc) is 2.82. The number of carbonyl (C=O) groups is 1. The normalized spacial score (nSPS) is 12.6. The lowest BCUT2D eigenvalue weighted by Crippen LogP contribution is -2.50. The molecule has 0 fully saturated rings. The maximum atomic E-state index is 11.8. The van der Waals surface area contributed by atoms with Crippen molar-refractivity contribution >= 4 is 5.97 Å². The molecule has 0 rings (SSSR count). The highest BCUT2D eigenvalue weighted by atomic mass is 16.5. The summed E-state index contributed by atoms with van der Waals surface area (Å²) >= 11 is 0. The minimum absolute atomic E-state index is 0.244. The van der Waals surface area contributed by atoms with E-state index >= 15 is 0 Å². The fourth-order valence-corrected chi connectivity index (χ4v) is 5.13. The molecule has 0 saturated carbocycles. The van der Waals surface area contributed by atoms with Crippen molar-refractivity contribution in [1.29, 1.82) is 0 Å². The van der Waals surface area contributed by atoms with Crippen LogP contribution in [-0.2, 0) is 9.53 Å². The zero-order valence-corrected chi connectivity index (χ0v) is 24.8. The van der Waals surface area contributed by atoms with E-state index < -0.39 is 0 Å². The second-order valence-corrected chi connectivity index (χ2v) is 11.7. The highest BCUT2D eigenvalue weighted by Gasteiger charge is 2.27. The molecule has 208 valence electrons. The van der Waals surface area contributed by atoms with Gasteiger partial charge in [-0.25, -0.2) is 4.79 Å². The molecule has 3 nitrogen and oxygen atoms in total. The number of hydrogen-bond donors (Lipinski definition) is 0. The second kappa shape index (κ2) is 23.6. The molecule has 0 aliphatic rings. The van der Waals surface area contributed by atoms with Gasteiger partial charge >= 0.3 is 5.97 Å². The smallest absolute Gasteiger partial charge is 0.333 e. The molecule has 3 heteroatoms. The van der Waals surface area contributed by atoms with Crippen molar-refractivity contribution in [2.75, 3.05) is 27.2 Å². The third kappa shape index (κ3) is 21.0. The van der Waals surface area contributed by atoms with E-state index in [2.05, 4.69) is 34.5 Å². The Morgan fingerprint density at radius 1 is 0.657 bits per heavy atom. The Labute approximate surface area is 221 Å². The van der Waals surface area contributed by atoms with Gasteiger partial charge in [0.1, 0.15) is 0 Å². The van der Waals surface area contributed by atoms with E-state index in [1.807, 2.05) is 0 Å². The third-order valence-corrected chi connectivity index (χ3v) is 7.75. The number of nitrogens with zero attached hydrogens (tertiary/aromatic N) is 1. The van der Waals surface area contributed by atoms with Crippen molar-refractivity contribution in [2.45, 2.75) is 162 Å². The van der Waals surface area contributed by atoms with Gasteiger partial charge in [-0.05, 0) is 32.6 Å². The molecule has 0 aliphatic carbocycles. The van der Waals surface area contributed by atoms with E-state index in [1.165, 1.54) is 135 Å². The molecule has 0 spiro atoms. The summed E-state index contributed by atoms with van der Waals surface area (Å²) < 4.78 is 6.53. The Hall–Kier alpha value is -0.830. The summed E-state index contributed by atoms with van der Waals surface area (Å²) in [6, 6.07) is 0.566. The quantitative estimate of drug-likeness (QED) is 0.0517. The Kier molecular flexibility index (Phi) is 23.0. The van der Waals surface area contributed by atoms with Crippen LogP contribution in [-0.4, -0.2) is 43.7 Å². The van der Waals surface area contributed by atoms with Gasteiger partial charge in [-0.2, -0.15) is 0 Å². The predicted molar refractivity (Wildman–Crippen MR) is 155 cm³/mol. The van der Waals surface area contributed by atoms with Gasteiger partial charge in [0, 0.05) is 12.0 Å². The Balaban J connectivity index is 4.28. The topological polar surface area (TPSA) is 26.3 Å². The molecule has 0 heterocycles. The molecule has 1 atom stereocenters. The molecule has 0 radical (unpaired) electrons. The van der Waals surface area contributed by atoms with E-state index in [9.17, 15) is 4.79 Å². The van der Waals surface area contributed by atoms with E-state index in [0.717, 1.165) is 10.9 Å². The van der Waals surface area contributed by atoms with Gasteiger partial charge in [-0.3, -0.25) is 0 Å². The number of carbonyl (C=O) groups excluding carboxylic acids is 1. The molecule has 0 saturated heterocycles. The number of rotatable bonds is 26. The first-order valence-corrected chi connectivity index (χ1v) is 15.5. The maximum Gasteiger partial charge on any atom is 0.333 e. The van der Waals surface area contributed by atoms with Crippen molar-refractivity contribution in [3.05, 3.63) is 12.2 Å². The number of ether oxygens (including phenoxy) is 1. The maximum absolute atomic E-state index is 11.8. The van der Waals surface area contributed by atoms with E-state index in [4.69, 9.17) is 4.74 Å². The molecule has 0 aromatic rings. The first-order valence-electron chi connectivity index (χ1n) is 15.5. The number of unbranched alkanes of at least 4 members (excludes halogenated alkanes) is 17.